The van der Waals surface area contributed by atoms with E-state index in [9.17, 15) is 5.11 Å². The molecule has 0 spiro atoms. The normalized spacial score (nSPS) is 13.5. The first-order chi connectivity index (χ1) is 12.9. The van der Waals surface area contributed by atoms with Crippen LogP contribution in [0.3, 0.4) is 0 Å². The van der Waals surface area contributed by atoms with Crippen LogP contribution in [0.5, 0.6) is 5.75 Å². The van der Waals surface area contributed by atoms with Crippen molar-refractivity contribution in [3.05, 3.63) is 47.9 Å². The number of hydrogen-bond acceptors (Lipinski definition) is 3. The maximum Gasteiger partial charge on any atom is 0.182 e. The molecule has 0 amide bonds. The van der Waals surface area contributed by atoms with Crippen LogP contribution in [0.2, 0.25) is 0 Å². The molecule has 0 saturated carbocycles. The van der Waals surface area contributed by atoms with Crippen LogP contribution in [-0.2, 0) is 19.5 Å². The summed E-state index contributed by atoms with van der Waals surface area (Å²) in [5, 5.41) is 10.6. The van der Waals surface area contributed by atoms with Crippen LogP contribution in [0.4, 0.5) is 0 Å². The molecular formula is C24H31NO2Rh. The van der Waals surface area contributed by atoms with Crippen LogP contribution in [-0.4, -0.2) is 10.1 Å². The number of rotatable bonds is 7. The van der Waals surface area contributed by atoms with Crippen molar-refractivity contribution < 1.29 is 29.0 Å². The van der Waals surface area contributed by atoms with Crippen molar-refractivity contribution in [2.24, 2.45) is 5.92 Å². The first kappa shape index (κ1) is 22.6. The Balaban J connectivity index is 0.00000280. The zero-order valence-electron chi connectivity index (χ0n) is 17.5. The molecule has 3 rings (SSSR count). The number of phenols is 1. The number of fused-ring (bicyclic) bond motifs is 1. The molecule has 0 fully saturated rings. The molecule has 1 radical (unpaired) electrons. The molecular weight excluding hydrogens is 437 g/mol. The van der Waals surface area contributed by atoms with Crippen molar-refractivity contribution in [3.63, 3.8) is 0 Å². The Morgan fingerprint density at radius 3 is 2.32 bits per heavy atom. The largest absolute Gasteiger partial charge is 0.507 e. The second-order valence-electron chi connectivity index (χ2n) is 8.23. The van der Waals surface area contributed by atoms with Crippen molar-refractivity contribution in [2.75, 3.05) is 0 Å². The molecule has 1 N–H and O–H groups in total. The Kier molecular flexibility index (Phi) is 7.83. The minimum Gasteiger partial charge on any atom is -0.507 e. The second kappa shape index (κ2) is 9.70. The quantitative estimate of drug-likeness (QED) is 0.372. The number of hydrogen-bond donors (Lipinski definition) is 1. The Bertz CT molecular complexity index is 916. The van der Waals surface area contributed by atoms with E-state index in [1.165, 1.54) is 23.9 Å². The SMILES string of the molecule is CCC(C)c1cc(-c2cc(C(C)CCC(C)C)ccc2O)c2ncoc2c1.[Rh]. The van der Waals surface area contributed by atoms with E-state index in [0.717, 1.165) is 35.1 Å². The minimum absolute atomic E-state index is 0. The molecule has 3 nitrogen and oxygen atoms in total. The molecule has 3 aromatic rings. The number of nitrogens with zero attached hydrogens (tertiary/aromatic N) is 1. The van der Waals surface area contributed by atoms with Gasteiger partial charge >= 0.3 is 0 Å². The van der Waals surface area contributed by atoms with Crippen LogP contribution in [0.15, 0.2) is 41.1 Å². The molecule has 28 heavy (non-hydrogen) atoms. The van der Waals surface area contributed by atoms with Crippen LogP contribution >= 0.6 is 0 Å². The molecule has 2 unspecified atom stereocenters. The molecule has 4 heteroatoms. The van der Waals surface area contributed by atoms with Gasteiger partial charge in [0.2, 0.25) is 0 Å². The van der Waals surface area contributed by atoms with E-state index in [0.29, 0.717) is 23.5 Å². The maximum absolute atomic E-state index is 10.6. The summed E-state index contributed by atoms with van der Waals surface area (Å²) in [6.45, 7) is 11.2. The average molecular weight is 468 g/mol. The van der Waals surface area contributed by atoms with Crippen LogP contribution in [0.25, 0.3) is 22.2 Å². The van der Waals surface area contributed by atoms with Gasteiger partial charge in [0.25, 0.3) is 0 Å². The van der Waals surface area contributed by atoms with E-state index in [1.54, 1.807) is 0 Å². The fourth-order valence-electron chi connectivity index (χ4n) is 3.54. The van der Waals surface area contributed by atoms with E-state index in [2.05, 4.69) is 57.8 Å². The predicted molar refractivity (Wildman–Crippen MR) is 112 cm³/mol. The van der Waals surface area contributed by atoms with Gasteiger partial charge in [-0.3, -0.25) is 0 Å². The summed E-state index contributed by atoms with van der Waals surface area (Å²) in [5.41, 5.74) is 5.85. The Labute approximate surface area is 181 Å². The average Bonchev–Trinajstić information content (AvgIpc) is 3.13. The fourth-order valence-corrected chi connectivity index (χ4v) is 3.54. The molecule has 2 atom stereocenters. The summed E-state index contributed by atoms with van der Waals surface area (Å²) < 4.78 is 5.61. The van der Waals surface area contributed by atoms with Crippen LogP contribution in [0.1, 0.15) is 76.8 Å². The molecule has 1 aromatic heterocycles. The van der Waals surface area contributed by atoms with Gasteiger partial charge in [0.05, 0.1) is 0 Å². The summed E-state index contributed by atoms with van der Waals surface area (Å²) in [7, 11) is 0. The molecule has 2 aromatic carbocycles. The summed E-state index contributed by atoms with van der Waals surface area (Å²) >= 11 is 0. The number of oxazole rings is 1. The molecule has 0 saturated heterocycles. The minimum atomic E-state index is 0. The molecule has 0 bridgehead atoms. The standard InChI is InChI=1S/C24H31NO2.Rh/c1-6-16(4)19-12-21(24-23(13-19)27-14-25-24)20-11-18(9-10-22(20)26)17(5)8-7-15(2)3;/h9-17,26H,6-8H2,1-5H3;. The first-order valence-electron chi connectivity index (χ1n) is 10.1. The molecule has 0 aliphatic carbocycles. The van der Waals surface area contributed by atoms with Gasteiger partial charge in [0, 0.05) is 30.6 Å². The monoisotopic (exact) mass is 468 g/mol. The third-order valence-corrected chi connectivity index (χ3v) is 5.70. The fraction of sp³-hybridized carbons (Fsp3) is 0.458. The Morgan fingerprint density at radius 1 is 0.929 bits per heavy atom. The van der Waals surface area contributed by atoms with E-state index >= 15 is 0 Å². The Hall–Kier alpha value is -1.67. The number of aromatic nitrogens is 1. The van der Waals surface area contributed by atoms with Crippen LogP contribution in [0, 0.1) is 5.92 Å². The van der Waals surface area contributed by atoms with Gasteiger partial charge < -0.3 is 9.52 Å². The van der Waals surface area contributed by atoms with Gasteiger partial charge in [0.15, 0.2) is 12.0 Å². The van der Waals surface area contributed by atoms with Crippen molar-refractivity contribution in [2.45, 2.75) is 65.7 Å². The number of aromatic hydroxyl groups is 1. The number of benzene rings is 2. The first-order valence-corrected chi connectivity index (χ1v) is 10.1. The zero-order chi connectivity index (χ0) is 19.6. The molecule has 153 valence electrons. The topological polar surface area (TPSA) is 46.3 Å². The summed E-state index contributed by atoms with van der Waals surface area (Å²) in [5.74, 6) is 1.87. The van der Waals surface area contributed by atoms with Crippen molar-refractivity contribution in [1.82, 2.24) is 4.98 Å². The maximum atomic E-state index is 10.6. The van der Waals surface area contributed by atoms with E-state index < -0.39 is 0 Å². The van der Waals surface area contributed by atoms with Gasteiger partial charge in [-0.2, -0.15) is 0 Å². The summed E-state index contributed by atoms with van der Waals surface area (Å²) in [6, 6.07) is 10.2. The third kappa shape index (κ3) is 4.84. The smallest absolute Gasteiger partial charge is 0.182 e. The molecule has 0 aliphatic rings. The van der Waals surface area contributed by atoms with Gasteiger partial charge in [0.1, 0.15) is 11.3 Å². The third-order valence-electron chi connectivity index (χ3n) is 5.70. The summed E-state index contributed by atoms with van der Waals surface area (Å²) in [6.07, 6.45) is 4.89. The van der Waals surface area contributed by atoms with Crippen molar-refractivity contribution in [3.8, 4) is 16.9 Å². The van der Waals surface area contributed by atoms with Crippen molar-refractivity contribution in [1.29, 1.82) is 0 Å². The molecule has 0 aliphatic heterocycles. The number of phenolic OH excluding ortho intramolecular Hbond substituents is 1. The van der Waals surface area contributed by atoms with Crippen LogP contribution < -0.4 is 0 Å². The van der Waals surface area contributed by atoms with E-state index in [1.807, 2.05) is 12.1 Å². The van der Waals surface area contributed by atoms with E-state index in [-0.39, 0.29) is 19.5 Å². The molecule has 1 heterocycles. The van der Waals surface area contributed by atoms with Gasteiger partial charge in [-0.15, -0.1) is 0 Å². The zero-order valence-corrected chi connectivity index (χ0v) is 19.1. The second-order valence-corrected chi connectivity index (χ2v) is 8.23. The van der Waals surface area contributed by atoms with Gasteiger partial charge in [-0.25, -0.2) is 4.98 Å². The van der Waals surface area contributed by atoms with Gasteiger partial charge in [-0.05, 0) is 66.0 Å². The van der Waals surface area contributed by atoms with Crippen molar-refractivity contribution >= 4 is 11.1 Å². The van der Waals surface area contributed by atoms with Gasteiger partial charge in [-0.1, -0.05) is 47.1 Å². The predicted octanol–water partition coefficient (Wildman–Crippen LogP) is 7.25. The van der Waals surface area contributed by atoms with E-state index in [4.69, 9.17) is 4.42 Å². The summed E-state index contributed by atoms with van der Waals surface area (Å²) in [4.78, 5) is 4.42. The Morgan fingerprint density at radius 2 is 1.64 bits per heavy atom.